The predicted molar refractivity (Wildman–Crippen MR) is 244 cm³/mol. The first kappa shape index (κ1) is 47.0. The largest absolute Gasteiger partial charge is 0.497 e. The number of amides is 1. The Morgan fingerprint density at radius 3 is 1.81 bits per heavy atom. The van der Waals surface area contributed by atoms with Gasteiger partial charge in [-0.2, -0.15) is 9.10 Å². The van der Waals surface area contributed by atoms with Crippen molar-refractivity contribution in [3.05, 3.63) is 102 Å². The van der Waals surface area contributed by atoms with Crippen LogP contribution in [0.15, 0.2) is 94.7 Å². The zero-order valence-corrected chi connectivity index (χ0v) is 39.3. The van der Waals surface area contributed by atoms with Crippen molar-refractivity contribution in [1.82, 2.24) is 29.8 Å². The van der Waals surface area contributed by atoms with Gasteiger partial charge in [0.25, 0.3) is 0 Å². The highest BCUT2D eigenvalue weighted by atomic mass is 32.2. The van der Waals surface area contributed by atoms with Gasteiger partial charge in [0, 0.05) is 46.5 Å². The number of sulfonamides is 1. The molecule has 2 N–H and O–H groups in total. The molecule has 6 rings (SSSR count). The van der Waals surface area contributed by atoms with Crippen molar-refractivity contribution < 1.29 is 40.9 Å². The average molecular weight is 920 g/mol. The smallest absolute Gasteiger partial charge is 0.404 e. The maximum absolute atomic E-state index is 15.9. The molecule has 0 atom stereocenters. The van der Waals surface area contributed by atoms with Crippen LogP contribution in [0.3, 0.4) is 0 Å². The Labute approximate surface area is 371 Å². The second kappa shape index (κ2) is 20.3. The molecule has 0 aliphatic carbocycles. The summed E-state index contributed by atoms with van der Waals surface area (Å²) < 4.78 is 78.8. The van der Waals surface area contributed by atoms with Crippen LogP contribution < -0.4 is 24.4 Å². The minimum atomic E-state index is -4.74. The fourth-order valence-corrected chi connectivity index (χ4v) is 14.2. The number of sulfone groups is 1. The van der Waals surface area contributed by atoms with Crippen LogP contribution in [0.1, 0.15) is 36.0 Å². The molecule has 2 heterocycles. The third-order valence-electron chi connectivity index (χ3n) is 11.1. The number of benzene rings is 4. The molecule has 338 valence electrons. The lowest BCUT2D eigenvalue weighted by atomic mass is 9.93. The molecule has 0 radical (unpaired) electrons. The highest BCUT2D eigenvalue weighted by Gasteiger charge is 2.39. The first-order chi connectivity index (χ1) is 30.0. The Morgan fingerprint density at radius 2 is 1.32 bits per heavy atom. The number of anilines is 1. The number of nitrogens with one attached hydrogen (secondary N) is 1. The van der Waals surface area contributed by atoms with Gasteiger partial charge in [0.15, 0.2) is 9.84 Å². The molecule has 1 fully saturated rings. The van der Waals surface area contributed by atoms with Crippen molar-refractivity contribution in [1.29, 1.82) is 0 Å². The van der Waals surface area contributed by atoms with E-state index in [9.17, 15) is 13.2 Å². The van der Waals surface area contributed by atoms with Crippen molar-refractivity contribution in [2.45, 2.75) is 74.4 Å². The lowest BCUT2D eigenvalue weighted by molar-refractivity contribution is 0.193. The molecule has 1 aliphatic rings. The van der Waals surface area contributed by atoms with Crippen molar-refractivity contribution in [2.24, 2.45) is 5.92 Å². The molecule has 0 unspecified atom stereocenters. The summed E-state index contributed by atoms with van der Waals surface area (Å²) in [6, 6.07) is 25.0. The number of ether oxygens (including phenoxy) is 3. The van der Waals surface area contributed by atoms with E-state index in [-0.39, 0.29) is 47.6 Å². The van der Waals surface area contributed by atoms with Crippen LogP contribution in [0.25, 0.3) is 11.4 Å². The van der Waals surface area contributed by atoms with Crippen LogP contribution in [0.5, 0.6) is 17.2 Å². The van der Waals surface area contributed by atoms with E-state index in [0.717, 1.165) is 5.56 Å². The number of hydrogen-bond acceptors (Lipinski definition) is 12. The Bertz CT molecular complexity index is 2490. The summed E-state index contributed by atoms with van der Waals surface area (Å²) in [6.45, 7) is 7.51. The molecule has 19 heteroatoms. The second-order valence-corrected chi connectivity index (χ2v) is 26.4. The minimum absolute atomic E-state index is 0.0408. The lowest BCUT2D eigenvalue weighted by Gasteiger charge is -2.35. The Balaban J connectivity index is 1.55. The Morgan fingerprint density at radius 1 is 0.794 bits per heavy atom. The molecule has 0 saturated carbocycles. The number of carboxylic acid groups (broad SMARTS) is 1. The van der Waals surface area contributed by atoms with E-state index >= 15 is 8.42 Å². The molecule has 0 bridgehead atoms. The SMILES string of the molecule is COc1ccc(CN(Cc2ccc(OC)cc2)S(=O)(=O)c2c(S(=O)(=O)CC[Si](C)(C)C)ccc(N3CCC(CCNC(=O)O)CC3)c2-c2nnn(Cc3ccc(OC)cc3)n2)cc1. The number of methoxy groups -OCH3 is 3. The molecular weight excluding hydrogens is 863 g/mol. The zero-order chi connectivity index (χ0) is 45.4. The number of carbonyl (C=O) groups is 1. The maximum atomic E-state index is 15.9. The van der Waals surface area contributed by atoms with E-state index in [1.165, 1.54) is 15.2 Å². The molecule has 5 aromatic rings. The van der Waals surface area contributed by atoms with Gasteiger partial charge >= 0.3 is 6.09 Å². The normalized spacial score (nSPS) is 13.9. The van der Waals surface area contributed by atoms with E-state index in [2.05, 4.69) is 35.3 Å². The third-order valence-corrected chi connectivity index (χ3v) is 17.0. The molecular formula is C44H57N7O9S2Si. The summed E-state index contributed by atoms with van der Waals surface area (Å²) in [5, 5.41) is 25.2. The summed E-state index contributed by atoms with van der Waals surface area (Å²) in [5.74, 6) is 1.80. The van der Waals surface area contributed by atoms with Gasteiger partial charge in [0.05, 0.1) is 44.1 Å². The van der Waals surface area contributed by atoms with E-state index in [1.807, 2.05) is 29.2 Å². The third kappa shape index (κ3) is 12.2. The van der Waals surface area contributed by atoms with Crippen molar-refractivity contribution >= 4 is 39.7 Å². The predicted octanol–water partition coefficient (Wildman–Crippen LogP) is 6.79. The number of nitrogens with zero attached hydrogens (tertiary/aromatic N) is 6. The zero-order valence-electron chi connectivity index (χ0n) is 36.7. The molecule has 1 saturated heterocycles. The summed E-state index contributed by atoms with van der Waals surface area (Å²) in [4.78, 5) is 13.8. The molecule has 0 spiro atoms. The van der Waals surface area contributed by atoms with Gasteiger partial charge in [0.1, 0.15) is 22.1 Å². The minimum Gasteiger partial charge on any atom is -0.497 e. The van der Waals surface area contributed by atoms with Crippen LogP contribution in [0.2, 0.25) is 25.7 Å². The number of rotatable bonds is 20. The van der Waals surface area contributed by atoms with Crippen LogP contribution in [0, 0.1) is 5.92 Å². The fourth-order valence-electron chi connectivity index (χ4n) is 7.46. The number of hydrogen-bond donors (Lipinski definition) is 2. The van der Waals surface area contributed by atoms with E-state index in [0.29, 0.717) is 79.0 Å². The van der Waals surface area contributed by atoms with Gasteiger partial charge in [-0.25, -0.2) is 21.6 Å². The van der Waals surface area contributed by atoms with Crippen molar-refractivity contribution in [3.63, 3.8) is 0 Å². The summed E-state index contributed by atoms with van der Waals surface area (Å²) in [6.07, 6.45) is 0.954. The maximum Gasteiger partial charge on any atom is 0.404 e. The van der Waals surface area contributed by atoms with E-state index in [4.69, 9.17) is 24.4 Å². The van der Waals surface area contributed by atoms with Crippen molar-refractivity contribution in [3.8, 4) is 28.6 Å². The van der Waals surface area contributed by atoms with Gasteiger partial charge in [0.2, 0.25) is 15.8 Å². The van der Waals surface area contributed by atoms with E-state index in [1.54, 1.807) is 75.9 Å². The quantitative estimate of drug-likeness (QED) is 0.0776. The summed E-state index contributed by atoms with van der Waals surface area (Å²) in [5.41, 5.74) is 2.64. The first-order valence-electron chi connectivity index (χ1n) is 20.8. The Kier molecular flexibility index (Phi) is 15.2. The number of aromatic nitrogens is 4. The first-order valence-corrected chi connectivity index (χ1v) is 27.6. The monoisotopic (exact) mass is 919 g/mol. The molecule has 16 nitrogen and oxygen atoms in total. The average Bonchev–Trinajstić information content (AvgIpc) is 3.73. The standard InChI is InChI=1S/C44H57N7O9S2Si/c1-58-36-13-7-33(8-14-36)29-50(30-34-9-15-37(59-2)16-10-34)62(56,57)42-40(61(54,55)27-28-63(4,5)6)20-19-39(49-25-22-32(23-26-49)21-24-45-44(52)53)41(42)43-46-48-51(47-43)31-35-11-17-38(60-3)18-12-35/h7-20,32,45H,21-31H2,1-6H3,(H,52,53). The van der Waals surface area contributed by atoms with Gasteiger partial charge in [-0.3, -0.25) is 0 Å². The summed E-state index contributed by atoms with van der Waals surface area (Å²) >= 11 is 0. The van der Waals surface area contributed by atoms with Crippen LogP contribution >= 0.6 is 0 Å². The Hall–Kier alpha value is -5.50. The van der Waals surface area contributed by atoms with Crippen molar-refractivity contribution in [2.75, 3.05) is 51.6 Å². The van der Waals surface area contributed by atoms with Crippen LogP contribution in [-0.4, -0.2) is 107 Å². The van der Waals surface area contributed by atoms with Crippen LogP contribution in [-0.2, 0) is 39.5 Å². The topological polar surface area (TPSA) is 195 Å². The molecule has 1 aliphatic heterocycles. The van der Waals surface area contributed by atoms with Gasteiger partial charge in [-0.05, 0) is 102 Å². The molecule has 1 amide bonds. The van der Waals surface area contributed by atoms with Gasteiger partial charge < -0.3 is 29.5 Å². The fraction of sp³-hybridized carbons (Fsp3) is 0.409. The van der Waals surface area contributed by atoms with E-state index < -0.39 is 38.9 Å². The van der Waals surface area contributed by atoms with Crippen LogP contribution in [0.4, 0.5) is 10.5 Å². The highest BCUT2D eigenvalue weighted by molar-refractivity contribution is 7.93. The second-order valence-electron chi connectivity index (χ2n) is 16.8. The summed E-state index contributed by atoms with van der Waals surface area (Å²) in [7, 11) is -6.22. The highest BCUT2D eigenvalue weighted by Crippen LogP contribution is 2.43. The molecule has 4 aromatic carbocycles. The lowest BCUT2D eigenvalue weighted by Crippen LogP contribution is -2.36. The molecule has 63 heavy (non-hydrogen) atoms. The van der Waals surface area contributed by atoms with Gasteiger partial charge in [-0.1, -0.05) is 56.0 Å². The molecule has 1 aromatic heterocycles. The number of piperidine rings is 1. The number of tetrazole rings is 1. The van der Waals surface area contributed by atoms with Gasteiger partial charge in [-0.15, -0.1) is 10.2 Å².